The molecule has 1 heteroatoms. The number of hydrogen-bond donors (Lipinski definition) is 1. The second kappa shape index (κ2) is 5.38. The van der Waals surface area contributed by atoms with Crippen molar-refractivity contribution in [3.8, 4) is 5.75 Å². The number of phenols is 1. The van der Waals surface area contributed by atoms with Crippen molar-refractivity contribution in [1.29, 1.82) is 0 Å². The van der Waals surface area contributed by atoms with Crippen molar-refractivity contribution in [1.82, 2.24) is 0 Å². The second-order valence-corrected chi connectivity index (χ2v) is 12.6. The third-order valence-electron chi connectivity index (χ3n) is 10.6. The molecule has 0 unspecified atom stereocenters. The van der Waals surface area contributed by atoms with Gasteiger partial charge in [-0.15, -0.1) is 0 Å². The van der Waals surface area contributed by atoms with E-state index in [0.29, 0.717) is 16.6 Å². The summed E-state index contributed by atoms with van der Waals surface area (Å²) < 4.78 is 0. The monoisotopic (exact) mass is 376 g/mol. The van der Waals surface area contributed by atoms with E-state index in [-0.39, 0.29) is 0 Å². The summed E-state index contributed by atoms with van der Waals surface area (Å²) in [6, 6.07) is 4.98. The van der Waals surface area contributed by atoms with Gasteiger partial charge in [0, 0.05) is 5.56 Å². The zero-order chi connectivity index (χ0) is 18.7. The maximum absolute atomic E-state index is 11.3. The first kappa shape index (κ1) is 16.8. The lowest BCUT2D eigenvalue weighted by molar-refractivity contribution is -0.00905. The molecular weight excluding hydrogens is 340 g/mol. The summed E-state index contributed by atoms with van der Waals surface area (Å²) in [6.45, 7) is 2.18. The molecule has 0 aliphatic heterocycles. The Balaban J connectivity index is 1.34. The zero-order valence-electron chi connectivity index (χ0n) is 17.6. The fourth-order valence-electron chi connectivity index (χ4n) is 10.4. The minimum atomic E-state index is 0.307. The van der Waals surface area contributed by atoms with Crippen molar-refractivity contribution < 1.29 is 5.11 Å². The summed E-state index contributed by atoms with van der Waals surface area (Å²) >= 11 is 0. The molecule has 9 rings (SSSR count). The summed E-state index contributed by atoms with van der Waals surface area (Å²) in [4.78, 5) is 0. The van der Waals surface area contributed by atoms with Gasteiger partial charge in [-0.05, 0) is 141 Å². The van der Waals surface area contributed by atoms with E-state index in [2.05, 4.69) is 19.1 Å². The Bertz CT molecular complexity index is 762. The molecule has 0 amide bonds. The molecule has 8 aliphatic rings. The van der Waals surface area contributed by atoms with Crippen molar-refractivity contribution >= 4 is 0 Å². The van der Waals surface area contributed by atoms with Gasteiger partial charge < -0.3 is 5.11 Å². The Kier molecular flexibility index (Phi) is 3.22. The molecule has 0 atom stereocenters. The van der Waals surface area contributed by atoms with E-state index in [1.165, 1.54) is 88.2 Å². The summed E-state index contributed by atoms with van der Waals surface area (Å²) in [5.74, 6) is 6.45. The lowest BCUT2D eigenvalue weighted by atomic mass is 9.46. The highest BCUT2D eigenvalue weighted by Crippen LogP contribution is 2.64. The molecule has 0 radical (unpaired) electrons. The lowest BCUT2D eigenvalue weighted by Gasteiger charge is -2.58. The zero-order valence-corrected chi connectivity index (χ0v) is 17.6. The first-order chi connectivity index (χ1) is 13.5. The van der Waals surface area contributed by atoms with E-state index in [1.54, 1.807) is 5.56 Å². The molecule has 1 nitrogen and oxygen atoms in total. The molecule has 1 aromatic rings. The predicted molar refractivity (Wildman–Crippen MR) is 113 cm³/mol. The van der Waals surface area contributed by atoms with Gasteiger partial charge in [-0.25, -0.2) is 0 Å². The van der Waals surface area contributed by atoms with Gasteiger partial charge >= 0.3 is 0 Å². The molecule has 8 saturated carbocycles. The van der Waals surface area contributed by atoms with E-state index < -0.39 is 0 Å². The summed E-state index contributed by atoms with van der Waals surface area (Å²) in [6.07, 6.45) is 17.4. The van der Waals surface area contributed by atoms with E-state index in [0.717, 1.165) is 35.5 Å². The van der Waals surface area contributed by atoms with Gasteiger partial charge in [0.05, 0.1) is 0 Å². The third-order valence-corrected chi connectivity index (χ3v) is 10.6. The molecule has 0 aromatic heterocycles. The average molecular weight is 377 g/mol. The van der Waals surface area contributed by atoms with Crippen LogP contribution in [0.1, 0.15) is 93.7 Å². The van der Waals surface area contributed by atoms with Crippen LogP contribution in [0.5, 0.6) is 5.75 Å². The molecule has 150 valence electrons. The normalized spacial score (nSPS) is 50.5. The van der Waals surface area contributed by atoms with Crippen LogP contribution in [0.15, 0.2) is 12.1 Å². The minimum Gasteiger partial charge on any atom is -0.507 e. The van der Waals surface area contributed by atoms with Crippen LogP contribution in [0.4, 0.5) is 0 Å². The van der Waals surface area contributed by atoms with E-state index >= 15 is 0 Å². The Hall–Kier alpha value is -0.980. The largest absolute Gasteiger partial charge is 0.507 e. The van der Waals surface area contributed by atoms with Gasteiger partial charge in [-0.1, -0.05) is 12.1 Å². The summed E-state index contributed by atoms with van der Waals surface area (Å²) in [5, 5.41) is 11.3. The van der Waals surface area contributed by atoms with Gasteiger partial charge in [0.1, 0.15) is 5.75 Å². The van der Waals surface area contributed by atoms with E-state index in [4.69, 9.17) is 0 Å². The SMILES string of the molecule is Cc1cc(C23CC4CC(CC(C4)C2)C3)cc(C23CC4CC(CC(C4)C2)C3)c1O. The Morgan fingerprint density at radius 1 is 0.643 bits per heavy atom. The number of aromatic hydroxyl groups is 1. The Labute approximate surface area is 170 Å². The molecule has 8 fully saturated rings. The van der Waals surface area contributed by atoms with Gasteiger partial charge in [-0.2, -0.15) is 0 Å². The number of aryl methyl sites for hydroxylation is 1. The predicted octanol–water partition coefficient (Wildman–Crippen LogP) is 6.64. The van der Waals surface area contributed by atoms with Crippen LogP contribution in [-0.2, 0) is 10.8 Å². The smallest absolute Gasteiger partial charge is 0.122 e. The van der Waals surface area contributed by atoms with Crippen LogP contribution >= 0.6 is 0 Å². The third kappa shape index (κ3) is 2.20. The molecule has 0 spiro atoms. The van der Waals surface area contributed by atoms with E-state index in [9.17, 15) is 5.11 Å². The maximum Gasteiger partial charge on any atom is 0.122 e. The van der Waals surface area contributed by atoms with Crippen LogP contribution in [-0.4, -0.2) is 5.11 Å². The summed E-state index contributed by atoms with van der Waals surface area (Å²) in [7, 11) is 0. The van der Waals surface area contributed by atoms with Crippen molar-refractivity contribution in [2.24, 2.45) is 35.5 Å². The molecule has 28 heavy (non-hydrogen) atoms. The number of hydrogen-bond acceptors (Lipinski definition) is 1. The highest BCUT2D eigenvalue weighted by atomic mass is 16.3. The maximum atomic E-state index is 11.3. The summed E-state index contributed by atoms with van der Waals surface area (Å²) in [5.41, 5.74) is 4.94. The van der Waals surface area contributed by atoms with Crippen LogP contribution in [0.3, 0.4) is 0 Å². The molecule has 1 N–H and O–H groups in total. The highest BCUT2D eigenvalue weighted by Gasteiger charge is 2.54. The van der Waals surface area contributed by atoms with Crippen molar-refractivity contribution in [2.75, 3.05) is 0 Å². The van der Waals surface area contributed by atoms with Gasteiger partial charge in [0.25, 0.3) is 0 Å². The van der Waals surface area contributed by atoms with E-state index in [1.807, 2.05) is 0 Å². The van der Waals surface area contributed by atoms with Crippen molar-refractivity contribution in [3.05, 3.63) is 28.8 Å². The first-order valence-corrected chi connectivity index (χ1v) is 12.3. The second-order valence-electron chi connectivity index (χ2n) is 12.6. The van der Waals surface area contributed by atoms with Crippen LogP contribution in [0, 0.1) is 42.4 Å². The highest BCUT2D eigenvalue weighted by molar-refractivity contribution is 5.50. The van der Waals surface area contributed by atoms with Crippen LogP contribution in [0.2, 0.25) is 0 Å². The van der Waals surface area contributed by atoms with Crippen LogP contribution < -0.4 is 0 Å². The molecule has 0 heterocycles. The average Bonchev–Trinajstić information content (AvgIpc) is 2.61. The Morgan fingerprint density at radius 3 is 1.46 bits per heavy atom. The number of phenolic OH excluding ortho intramolecular Hbond substituents is 1. The fraction of sp³-hybridized carbons (Fsp3) is 0.778. The van der Waals surface area contributed by atoms with Crippen LogP contribution in [0.25, 0.3) is 0 Å². The molecule has 8 aliphatic carbocycles. The first-order valence-electron chi connectivity index (χ1n) is 12.3. The molecule has 1 aromatic carbocycles. The van der Waals surface area contributed by atoms with Gasteiger partial charge in [0.15, 0.2) is 0 Å². The van der Waals surface area contributed by atoms with Crippen molar-refractivity contribution in [3.63, 3.8) is 0 Å². The molecule has 8 bridgehead atoms. The Morgan fingerprint density at radius 2 is 1.04 bits per heavy atom. The molecular formula is C27H36O. The standard InChI is InChI=1S/C27H36O/c1-16-2-23(26-10-17-3-18(11-26)5-19(4-17)12-26)9-24(25(16)28)27-13-20-6-21(14-27)8-22(7-20)15-27/h2,9,17-22,28H,3-8,10-15H2,1H3. The minimum absolute atomic E-state index is 0.307. The topological polar surface area (TPSA) is 20.2 Å². The number of rotatable bonds is 2. The number of benzene rings is 1. The molecule has 0 saturated heterocycles. The van der Waals surface area contributed by atoms with Gasteiger partial charge in [0.2, 0.25) is 0 Å². The fourth-order valence-corrected chi connectivity index (χ4v) is 10.4. The lowest BCUT2D eigenvalue weighted by Crippen LogP contribution is -2.50. The quantitative estimate of drug-likeness (QED) is 0.613. The van der Waals surface area contributed by atoms with Gasteiger partial charge in [-0.3, -0.25) is 0 Å². The van der Waals surface area contributed by atoms with Crippen molar-refractivity contribution in [2.45, 2.75) is 94.8 Å².